The molecule has 2 heterocycles. The molecule has 8 heteroatoms. The van der Waals surface area contributed by atoms with Crippen LogP contribution in [-0.2, 0) is 29.0 Å². The molecule has 2 aliphatic heterocycles. The molecule has 0 amide bonds. The maximum absolute atomic E-state index is 13.1. The van der Waals surface area contributed by atoms with Gasteiger partial charge in [0.25, 0.3) is 0 Å². The predicted molar refractivity (Wildman–Crippen MR) is 203 cm³/mol. The van der Waals surface area contributed by atoms with Gasteiger partial charge >= 0.3 is 0 Å². The van der Waals surface area contributed by atoms with E-state index in [1.807, 2.05) is 133 Å². The average Bonchev–Trinajstić information content (AvgIpc) is 3.21. The van der Waals surface area contributed by atoms with Crippen molar-refractivity contribution in [1.82, 2.24) is 0 Å². The largest absolute Gasteiger partial charge is 0.360 e. The van der Waals surface area contributed by atoms with Crippen molar-refractivity contribution >= 4 is 37.5 Å². The number of ether oxygens (including phenoxy) is 3. The molecule has 51 heavy (non-hydrogen) atoms. The zero-order chi connectivity index (χ0) is 34.5. The molecule has 0 unspecified atom stereocenters. The summed E-state index contributed by atoms with van der Waals surface area (Å²) in [7, 11) is -2.87. The molecule has 6 aromatic rings. The fraction of sp³-hybridized carbons (Fsp3) is 0.163. The van der Waals surface area contributed by atoms with Gasteiger partial charge in [0.05, 0.1) is 22.9 Å². The molecule has 6 atom stereocenters. The highest BCUT2D eigenvalue weighted by Crippen LogP contribution is 2.52. The van der Waals surface area contributed by atoms with E-state index in [1.54, 1.807) is 0 Å². The summed E-state index contributed by atoms with van der Waals surface area (Å²) in [6.45, 7) is 0.187. The van der Waals surface area contributed by atoms with Crippen LogP contribution in [0.15, 0.2) is 182 Å². The van der Waals surface area contributed by atoms with Crippen LogP contribution in [0.2, 0.25) is 0 Å². The number of rotatable bonds is 10. The fourth-order valence-corrected chi connectivity index (χ4v) is 10.4. The van der Waals surface area contributed by atoms with Gasteiger partial charge in [-0.15, -0.1) is 0 Å². The molecule has 2 saturated heterocycles. The van der Waals surface area contributed by atoms with E-state index in [9.17, 15) is 5.11 Å². The molecule has 0 bridgehead atoms. The molecule has 0 spiro atoms. The smallest absolute Gasteiger partial charge is 0.223 e. The van der Waals surface area contributed by atoms with E-state index in [0.29, 0.717) is 5.56 Å². The highest BCUT2D eigenvalue weighted by molar-refractivity contribution is 7.69. The first-order valence-corrected chi connectivity index (χ1v) is 19.6. The van der Waals surface area contributed by atoms with Crippen molar-refractivity contribution in [3.8, 4) is 0 Å². The first-order chi connectivity index (χ1) is 25.2. The second-order valence-electron chi connectivity index (χ2n) is 12.4. The first-order valence-electron chi connectivity index (χ1n) is 17.1. The third-order valence-electron chi connectivity index (χ3n) is 9.07. The minimum absolute atomic E-state index is 0.187. The van der Waals surface area contributed by atoms with Crippen molar-refractivity contribution in [1.29, 1.82) is 0 Å². The van der Waals surface area contributed by atoms with Crippen LogP contribution in [0.1, 0.15) is 17.4 Å². The Labute approximate surface area is 301 Å². The first kappa shape index (κ1) is 34.0. The summed E-state index contributed by atoms with van der Waals surface area (Å²) in [4.78, 5) is 0. The SMILES string of the molecule is O[C@]1(c2ccccc2)O[C@@H]2CO[C@@H](c3ccccc3)O[C@H]2[C@H](OP(c2ccccc2)c2ccccc2)[C@H]1OP(c1ccccc1)c1ccccc1. The summed E-state index contributed by atoms with van der Waals surface area (Å²) < 4.78 is 34.8. The molecule has 6 nitrogen and oxygen atoms in total. The molecule has 2 aliphatic rings. The van der Waals surface area contributed by atoms with E-state index in [-0.39, 0.29) is 6.61 Å². The second kappa shape index (κ2) is 15.7. The Bertz CT molecular complexity index is 1880. The zero-order valence-corrected chi connectivity index (χ0v) is 29.6. The van der Waals surface area contributed by atoms with Gasteiger partial charge in [-0.2, -0.15) is 0 Å². The highest BCUT2D eigenvalue weighted by atomic mass is 31.1. The average molecular weight is 713 g/mol. The summed E-state index contributed by atoms with van der Waals surface area (Å²) in [5, 5.41) is 17.1. The topological polar surface area (TPSA) is 66.4 Å². The molecule has 2 fully saturated rings. The summed E-state index contributed by atoms with van der Waals surface area (Å²) in [6.07, 6.45) is -3.80. The third-order valence-corrected chi connectivity index (χ3v) is 13.0. The minimum atomic E-state index is -1.92. The molecule has 0 aromatic heterocycles. The maximum Gasteiger partial charge on any atom is 0.223 e. The molecule has 8 rings (SSSR count). The van der Waals surface area contributed by atoms with Crippen LogP contribution in [-0.4, -0.2) is 36.1 Å². The quantitative estimate of drug-likeness (QED) is 0.152. The van der Waals surface area contributed by atoms with Crippen LogP contribution in [0.5, 0.6) is 0 Å². The van der Waals surface area contributed by atoms with E-state index < -0.39 is 52.8 Å². The van der Waals surface area contributed by atoms with E-state index in [4.69, 9.17) is 23.3 Å². The van der Waals surface area contributed by atoms with Crippen LogP contribution in [0.25, 0.3) is 0 Å². The van der Waals surface area contributed by atoms with Gasteiger partial charge in [0.1, 0.15) is 24.4 Å². The van der Waals surface area contributed by atoms with Gasteiger partial charge in [-0.3, -0.25) is 0 Å². The second-order valence-corrected chi connectivity index (χ2v) is 16.1. The van der Waals surface area contributed by atoms with Crippen molar-refractivity contribution in [2.75, 3.05) is 6.61 Å². The molecular formula is C43H38O6P2. The van der Waals surface area contributed by atoms with Crippen LogP contribution < -0.4 is 21.2 Å². The van der Waals surface area contributed by atoms with Gasteiger partial charge in [-0.05, 0) is 0 Å². The molecule has 0 aliphatic carbocycles. The zero-order valence-electron chi connectivity index (χ0n) is 27.8. The maximum atomic E-state index is 13.1. The van der Waals surface area contributed by atoms with Crippen LogP contribution in [0.4, 0.5) is 0 Å². The van der Waals surface area contributed by atoms with Gasteiger partial charge in [-0.25, -0.2) is 0 Å². The van der Waals surface area contributed by atoms with E-state index in [0.717, 1.165) is 26.8 Å². The van der Waals surface area contributed by atoms with E-state index >= 15 is 0 Å². The fourth-order valence-electron chi connectivity index (χ4n) is 6.60. The lowest BCUT2D eigenvalue weighted by molar-refractivity contribution is -0.391. The Balaban J connectivity index is 1.29. The lowest BCUT2D eigenvalue weighted by Crippen LogP contribution is -2.67. The number of benzene rings is 6. The number of aliphatic hydroxyl groups is 1. The lowest BCUT2D eigenvalue weighted by atomic mass is 9.87. The number of hydrogen-bond acceptors (Lipinski definition) is 6. The normalized spacial score (nSPS) is 24.6. The van der Waals surface area contributed by atoms with Crippen molar-refractivity contribution in [2.24, 2.45) is 0 Å². The van der Waals surface area contributed by atoms with Gasteiger partial charge in [-0.1, -0.05) is 182 Å². The molecular weight excluding hydrogens is 674 g/mol. The standard InChI is InChI=1S/C43H38O6P2/c44-43(33-21-9-2-10-22-33)41(49-51(36-27-15-5-16-28-36)37-29-17-6-18-30-37)40(39-38(47-43)31-45-42(46-39)32-19-7-1-8-20-32)48-50(34-23-11-3-12-24-34)35-25-13-4-14-26-35/h1-30,38-42,44H,31H2/t38-,39-,40+,41-,42-,43-/m1/s1. The van der Waals surface area contributed by atoms with Crippen LogP contribution in [0, 0.1) is 0 Å². The molecule has 6 aromatic carbocycles. The summed E-state index contributed by atoms with van der Waals surface area (Å²) in [5.74, 6) is -1.92. The van der Waals surface area contributed by atoms with Crippen molar-refractivity contribution in [2.45, 2.75) is 36.5 Å². The Morgan fingerprint density at radius 2 is 0.941 bits per heavy atom. The number of fused-ring (bicyclic) bond motifs is 1. The van der Waals surface area contributed by atoms with Crippen LogP contribution >= 0.6 is 16.3 Å². The molecule has 1 N–H and O–H groups in total. The van der Waals surface area contributed by atoms with E-state index in [2.05, 4.69) is 48.5 Å². The van der Waals surface area contributed by atoms with Crippen molar-refractivity contribution in [3.05, 3.63) is 193 Å². The third kappa shape index (κ3) is 7.34. The molecule has 0 radical (unpaired) electrons. The van der Waals surface area contributed by atoms with Gasteiger partial charge < -0.3 is 28.4 Å². The molecule has 0 saturated carbocycles. The summed E-state index contributed by atoms with van der Waals surface area (Å²) in [5.41, 5.74) is 1.45. The summed E-state index contributed by atoms with van der Waals surface area (Å²) in [6, 6.07) is 60.1. The van der Waals surface area contributed by atoms with E-state index in [1.165, 1.54) is 0 Å². The van der Waals surface area contributed by atoms with Crippen molar-refractivity contribution in [3.63, 3.8) is 0 Å². The predicted octanol–water partition coefficient (Wildman–Crippen LogP) is 7.21. The van der Waals surface area contributed by atoms with Gasteiger partial charge in [0.15, 0.2) is 6.29 Å². The Hall–Kier alpha value is -4.06. The van der Waals surface area contributed by atoms with Gasteiger partial charge in [0, 0.05) is 32.3 Å². The molecule has 256 valence electrons. The monoisotopic (exact) mass is 712 g/mol. The highest BCUT2D eigenvalue weighted by Gasteiger charge is 2.60. The lowest BCUT2D eigenvalue weighted by Gasteiger charge is -2.53. The van der Waals surface area contributed by atoms with Crippen molar-refractivity contribution < 1.29 is 28.4 Å². The number of hydrogen-bond donors (Lipinski definition) is 1. The Morgan fingerprint density at radius 3 is 1.41 bits per heavy atom. The Kier molecular flexibility index (Phi) is 10.5. The minimum Gasteiger partial charge on any atom is -0.360 e. The van der Waals surface area contributed by atoms with Gasteiger partial charge in [0.2, 0.25) is 5.79 Å². The summed E-state index contributed by atoms with van der Waals surface area (Å²) >= 11 is 0. The van der Waals surface area contributed by atoms with Crippen LogP contribution in [0.3, 0.4) is 0 Å². The Morgan fingerprint density at radius 1 is 0.529 bits per heavy atom.